The van der Waals surface area contributed by atoms with E-state index < -0.39 is 18.1 Å². The van der Waals surface area contributed by atoms with E-state index in [4.69, 9.17) is 15.1 Å². The highest BCUT2D eigenvalue weighted by molar-refractivity contribution is 5.92. The second-order valence-corrected chi connectivity index (χ2v) is 8.29. The van der Waals surface area contributed by atoms with Gasteiger partial charge < -0.3 is 10.0 Å². The number of hydrogen-bond acceptors (Lipinski definition) is 5. The molecule has 1 aliphatic heterocycles. The van der Waals surface area contributed by atoms with E-state index in [0.717, 1.165) is 6.42 Å². The van der Waals surface area contributed by atoms with Gasteiger partial charge in [0.05, 0.1) is 11.4 Å². The molecule has 2 heterocycles. The molecule has 4 rings (SSSR count). The van der Waals surface area contributed by atoms with E-state index in [1.54, 1.807) is 24.3 Å². The van der Waals surface area contributed by atoms with Crippen LogP contribution in [0.2, 0.25) is 0 Å². The van der Waals surface area contributed by atoms with Crippen LogP contribution in [0.25, 0.3) is 23.3 Å². The Morgan fingerprint density at radius 2 is 1.51 bits per heavy atom. The summed E-state index contributed by atoms with van der Waals surface area (Å²) in [6.07, 6.45) is 1.59. The Labute approximate surface area is 221 Å². The number of nitrogens with zero attached hydrogens (tertiary/aromatic N) is 2. The molecule has 0 atom stereocenters. The lowest BCUT2D eigenvalue weighted by atomic mass is 9.94. The first-order chi connectivity index (χ1) is 18.6. The van der Waals surface area contributed by atoms with E-state index in [0.29, 0.717) is 24.5 Å². The molecule has 0 saturated heterocycles. The minimum Gasteiger partial charge on any atom is -0.475 e. The number of hydroxylamine groups is 1. The molecule has 39 heavy (non-hydrogen) atoms. The molecular weight excluding hydrogens is 515 g/mol. The zero-order valence-corrected chi connectivity index (χ0v) is 20.4. The molecule has 1 aromatic heterocycles. The molecule has 0 bridgehead atoms. The molecule has 2 aromatic carbocycles. The number of aliphatic carboxylic acids is 1. The number of carboxylic acid groups (broad SMARTS) is 1. The molecule has 1 aliphatic rings. The first-order valence-electron chi connectivity index (χ1n) is 11.6. The first-order valence-corrected chi connectivity index (χ1v) is 11.6. The monoisotopic (exact) mass is 539 g/mol. The molecule has 0 saturated carbocycles. The summed E-state index contributed by atoms with van der Waals surface area (Å²) in [7, 11) is 0. The van der Waals surface area contributed by atoms with Gasteiger partial charge in [-0.25, -0.2) is 15.3 Å². The van der Waals surface area contributed by atoms with Crippen molar-refractivity contribution < 1.29 is 37.9 Å². The minimum atomic E-state index is -5.08. The smallest absolute Gasteiger partial charge is 0.475 e. The highest BCUT2D eigenvalue weighted by Crippen LogP contribution is 2.26. The summed E-state index contributed by atoms with van der Waals surface area (Å²) in [5, 5.41) is 15.7. The lowest BCUT2D eigenvalue weighted by molar-refractivity contribution is -0.192. The topological polar surface area (TPSA) is 120 Å². The van der Waals surface area contributed by atoms with Crippen LogP contribution < -0.4 is 5.48 Å². The Balaban J connectivity index is 0.000000532. The molecule has 3 aromatic rings. The summed E-state index contributed by atoms with van der Waals surface area (Å²) in [4.78, 5) is 38.9. The van der Waals surface area contributed by atoms with E-state index in [9.17, 15) is 22.8 Å². The van der Waals surface area contributed by atoms with Gasteiger partial charge in [0, 0.05) is 25.2 Å². The van der Waals surface area contributed by atoms with Gasteiger partial charge in [-0.2, -0.15) is 13.2 Å². The van der Waals surface area contributed by atoms with Gasteiger partial charge in [0.2, 0.25) is 5.91 Å². The van der Waals surface area contributed by atoms with Crippen molar-refractivity contribution in [2.24, 2.45) is 0 Å². The highest BCUT2D eigenvalue weighted by atomic mass is 19.4. The molecule has 0 aliphatic carbocycles. The van der Waals surface area contributed by atoms with Crippen LogP contribution in [0.4, 0.5) is 13.2 Å². The van der Waals surface area contributed by atoms with Crippen molar-refractivity contribution in [3.63, 3.8) is 0 Å². The Morgan fingerprint density at radius 1 is 0.872 bits per heavy atom. The maximum absolute atomic E-state index is 12.7. The molecular formula is C28H24F3N3O5. The van der Waals surface area contributed by atoms with Gasteiger partial charge >= 0.3 is 12.1 Å². The maximum Gasteiger partial charge on any atom is 0.490 e. The number of amides is 2. The lowest BCUT2D eigenvalue weighted by Gasteiger charge is -2.28. The third-order valence-electron chi connectivity index (χ3n) is 5.58. The number of fused-ring (bicyclic) bond motifs is 1. The fourth-order valence-corrected chi connectivity index (χ4v) is 3.67. The van der Waals surface area contributed by atoms with Crippen molar-refractivity contribution in [3.05, 3.63) is 101 Å². The third kappa shape index (κ3) is 8.64. The van der Waals surface area contributed by atoms with Crippen LogP contribution in [0.5, 0.6) is 0 Å². The van der Waals surface area contributed by atoms with Crippen molar-refractivity contribution in [1.29, 1.82) is 0 Å². The summed E-state index contributed by atoms with van der Waals surface area (Å²) in [6.45, 7) is 1.25. The zero-order valence-electron chi connectivity index (χ0n) is 20.4. The van der Waals surface area contributed by atoms with Crippen LogP contribution >= 0.6 is 0 Å². The predicted octanol–water partition coefficient (Wildman–Crippen LogP) is 4.50. The second-order valence-electron chi connectivity index (χ2n) is 8.29. The molecule has 0 spiro atoms. The molecule has 202 valence electrons. The third-order valence-corrected chi connectivity index (χ3v) is 5.58. The zero-order chi connectivity index (χ0) is 28.4. The normalized spacial score (nSPS) is 13.0. The van der Waals surface area contributed by atoms with Gasteiger partial charge in [-0.05, 0) is 53.0 Å². The SMILES string of the molecule is O=C(C=Cc1cccc(C=CC(=O)N2CCc3cc(-c4ccccc4)ccc3C2)n1)NO.O=C(O)C(F)(F)F. The van der Waals surface area contributed by atoms with Crippen molar-refractivity contribution in [2.45, 2.75) is 19.1 Å². The van der Waals surface area contributed by atoms with Gasteiger partial charge in [0.25, 0.3) is 5.91 Å². The van der Waals surface area contributed by atoms with Gasteiger partial charge in [-0.1, -0.05) is 54.6 Å². The summed E-state index contributed by atoms with van der Waals surface area (Å²) < 4.78 is 31.7. The fraction of sp³-hybridized carbons (Fsp3) is 0.143. The lowest BCUT2D eigenvalue weighted by Crippen LogP contribution is -2.34. The highest BCUT2D eigenvalue weighted by Gasteiger charge is 2.38. The summed E-state index contributed by atoms with van der Waals surface area (Å²) >= 11 is 0. The number of carbonyl (C=O) groups is 3. The molecule has 0 fully saturated rings. The Bertz CT molecular complexity index is 1390. The average molecular weight is 540 g/mol. The molecule has 3 N–H and O–H groups in total. The summed E-state index contributed by atoms with van der Waals surface area (Å²) in [5.74, 6) is -3.46. The van der Waals surface area contributed by atoms with E-state index in [-0.39, 0.29) is 5.91 Å². The van der Waals surface area contributed by atoms with Crippen LogP contribution in [0, 0.1) is 0 Å². The van der Waals surface area contributed by atoms with Crippen LogP contribution in [0.15, 0.2) is 78.9 Å². The number of nitrogens with one attached hydrogen (secondary N) is 1. The number of alkyl halides is 3. The summed E-state index contributed by atoms with van der Waals surface area (Å²) in [6, 6.07) is 22.0. The van der Waals surface area contributed by atoms with E-state index in [1.807, 2.05) is 23.1 Å². The predicted molar refractivity (Wildman–Crippen MR) is 137 cm³/mol. The Morgan fingerprint density at radius 3 is 2.13 bits per heavy atom. The van der Waals surface area contributed by atoms with Crippen molar-refractivity contribution >= 4 is 29.9 Å². The number of pyridine rings is 1. The van der Waals surface area contributed by atoms with Crippen LogP contribution in [-0.4, -0.2) is 50.7 Å². The number of carbonyl (C=O) groups excluding carboxylic acids is 2. The quantitative estimate of drug-likeness (QED) is 0.250. The second kappa shape index (κ2) is 13.2. The largest absolute Gasteiger partial charge is 0.490 e. The minimum absolute atomic E-state index is 0.0646. The Kier molecular flexibility index (Phi) is 9.71. The van der Waals surface area contributed by atoms with E-state index >= 15 is 0 Å². The fourth-order valence-electron chi connectivity index (χ4n) is 3.67. The van der Waals surface area contributed by atoms with E-state index in [1.165, 1.54) is 46.0 Å². The standard InChI is InChI=1S/C26H23N3O3.C2HF3O2/c30-25(28-32)13-11-23-7-4-8-24(27-23)12-14-26(31)29-16-15-21-17-20(9-10-22(21)18-29)19-5-2-1-3-6-19;3-2(4,5)1(6)7/h1-14,17,32H,15-16,18H2,(H,28,30);(H,6,7). The molecule has 0 unspecified atom stereocenters. The Hall–Kier alpha value is -4.77. The number of hydrogen-bond donors (Lipinski definition) is 3. The van der Waals surface area contributed by atoms with Gasteiger partial charge in [0.15, 0.2) is 0 Å². The van der Waals surface area contributed by atoms with Crippen LogP contribution in [0.3, 0.4) is 0 Å². The van der Waals surface area contributed by atoms with Gasteiger partial charge in [-0.15, -0.1) is 0 Å². The van der Waals surface area contributed by atoms with E-state index in [2.05, 4.69) is 35.3 Å². The number of rotatable bonds is 5. The number of aromatic nitrogens is 1. The summed E-state index contributed by atoms with van der Waals surface area (Å²) in [5.41, 5.74) is 7.52. The van der Waals surface area contributed by atoms with Crippen molar-refractivity contribution in [2.75, 3.05) is 6.54 Å². The first kappa shape index (κ1) is 28.8. The number of halogens is 3. The number of benzene rings is 2. The van der Waals surface area contributed by atoms with Crippen molar-refractivity contribution in [1.82, 2.24) is 15.4 Å². The van der Waals surface area contributed by atoms with Crippen LogP contribution in [0.1, 0.15) is 22.5 Å². The molecule has 8 nitrogen and oxygen atoms in total. The average Bonchev–Trinajstić information content (AvgIpc) is 2.94. The molecule has 11 heteroatoms. The molecule has 2 amide bonds. The van der Waals surface area contributed by atoms with Gasteiger partial charge in [-0.3, -0.25) is 14.8 Å². The van der Waals surface area contributed by atoms with Crippen molar-refractivity contribution in [3.8, 4) is 11.1 Å². The van der Waals surface area contributed by atoms with Gasteiger partial charge in [0.1, 0.15) is 0 Å². The van der Waals surface area contributed by atoms with Crippen LogP contribution in [-0.2, 0) is 27.3 Å². The number of carboxylic acids is 1. The molecule has 0 radical (unpaired) electrons. The maximum atomic E-state index is 12.7.